The number of allylic oxidation sites excluding steroid dienone is 2. The lowest BCUT2D eigenvalue weighted by Gasteiger charge is -2.59. The minimum Gasteiger partial charge on any atom is -0.301 e. The topological polar surface area (TPSA) is 46.5 Å². The lowest BCUT2D eigenvalue weighted by atomic mass is 9.46. The second kappa shape index (κ2) is 19.7. The molecule has 0 aromatic rings. The highest BCUT2D eigenvalue weighted by atomic mass is 17.1. The van der Waals surface area contributed by atoms with Crippen LogP contribution in [0, 0.1) is 58.2 Å². The van der Waals surface area contributed by atoms with E-state index in [0.717, 1.165) is 61.2 Å². The quantitative estimate of drug-likeness (QED) is 0.0540. The van der Waals surface area contributed by atoms with Crippen molar-refractivity contribution in [3.05, 3.63) is 11.6 Å². The normalized spacial score (nSPS) is 32.7. The molecule has 1 N–H and O–H groups in total. The van der Waals surface area contributed by atoms with Crippen molar-refractivity contribution in [1.82, 2.24) is 0 Å². The summed E-state index contributed by atoms with van der Waals surface area (Å²) in [6, 6.07) is 0. The Hall–Kier alpha value is -0.830. The van der Waals surface area contributed by atoms with Crippen LogP contribution in [0.2, 0.25) is 0 Å². The summed E-state index contributed by atoms with van der Waals surface area (Å²) >= 11 is 0. The second-order valence-corrected chi connectivity index (χ2v) is 18.7. The van der Waals surface area contributed by atoms with Crippen LogP contribution >= 0.6 is 0 Å². The second-order valence-electron chi connectivity index (χ2n) is 18.7. The van der Waals surface area contributed by atoms with E-state index < -0.39 is 0 Å². The summed E-state index contributed by atoms with van der Waals surface area (Å²) in [6.45, 7) is 14.9. The lowest BCUT2D eigenvalue weighted by Crippen LogP contribution is -2.51. The maximum atomic E-state index is 12.9. The van der Waals surface area contributed by atoms with E-state index in [1.165, 1.54) is 141 Å². The summed E-state index contributed by atoms with van der Waals surface area (Å²) in [6.07, 6.45) is 36.9. The van der Waals surface area contributed by atoms with E-state index in [-0.39, 0.29) is 11.9 Å². The van der Waals surface area contributed by atoms with Crippen LogP contribution in [-0.4, -0.2) is 11.2 Å². The maximum Gasteiger partial charge on any atom is 0.345 e. The van der Waals surface area contributed by atoms with Gasteiger partial charge in [0, 0.05) is 0 Å². The Morgan fingerprint density at radius 1 is 0.771 bits per heavy atom. The van der Waals surface area contributed by atoms with E-state index >= 15 is 0 Å². The molecule has 4 aliphatic rings. The lowest BCUT2D eigenvalue weighted by molar-refractivity contribution is -0.241. The third kappa shape index (κ3) is 10.2. The first kappa shape index (κ1) is 39.9. The van der Waals surface area contributed by atoms with E-state index in [2.05, 4.69) is 52.5 Å². The zero-order valence-electron chi connectivity index (χ0n) is 32.8. The van der Waals surface area contributed by atoms with Crippen LogP contribution in [-0.2, 0) is 9.68 Å². The van der Waals surface area contributed by atoms with Gasteiger partial charge in [-0.25, -0.2) is 4.79 Å². The summed E-state index contributed by atoms with van der Waals surface area (Å²) in [4.78, 5) is 17.3. The first-order chi connectivity index (χ1) is 23.2. The number of hydrogen-bond acceptors (Lipinski definition) is 3. The number of hydrogen-bond donors (Lipinski definition) is 1. The van der Waals surface area contributed by atoms with E-state index in [4.69, 9.17) is 0 Å². The van der Waals surface area contributed by atoms with Crippen molar-refractivity contribution in [3.8, 4) is 0 Å². The summed E-state index contributed by atoms with van der Waals surface area (Å²) in [5, 5.41) is 9.47. The van der Waals surface area contributed by atoms with Gasteiger partial charge in [-0.2, -0.15) is 5.26 Å². The molecule has 5 unspecified atom stereocenters. The molecule has 4 rings (SSSR count). The highest BCUT2D eigenvalue weighted by Crippen LogP contribution is 2.68. The zero-order valence-corrected chi connectivity index (χ0v) is 32.8. The number of rotatable bonds is 22. The number of fused-ring (bicyclic) bond motifs is 5. The zero-order chi connectivity index (χ0) is 34.6. The van der Waals surface area contributed by atoms with Gasteiger partial charge < -0.3 is 4.89 Å². The van der Waals surface area contributed by atoms with Gasteiger partial charge in [-0.1, -0.05) is 162 Å². The van der Waals surface area contributed by atoms with Crippen molar-refractivity contribution in [1.29, 1.82) is 0 Å². The van der Waals surface area contributed by atoms with Crippen LogP contribution in [0.4, 0.5) is 0 Å². The molecule has 0 saturated heterocycles. The smallest absolute Gasteiger partial charge is 0.301 e. The molecule has 3 fully saturated rings. The number of unbranched alkanes of at least 4 members (excludes halogenated alkanes) is 13. The van der Waals surface area contributed by atoms with Crippen LogP contribution < -0.4 is 0 Å². The van der Waals surface area contributed by atoms with Crippen molar-refractivity contribution in [2.45, 2.75) is 208 Å². The van der Waals surface area contributed by atoms with Gasteiger partial charge in [-0.05, 0) is 110 Å². The van der Waals surface area contributed by atoms with E-state index in [1.54, 1.807) is 5.57 Å². The first-order valence-corrected chi connectivity index (χ1v) is 21.7. The molecule has 48 heavy (non-hydrogen) atoms. The molecule has 4 aliphatic carbocycles. The van der Waals surface area contributed by atoms with Gasteiger partial charge in [0.15, 0.2) is 0 Å². The molecule has 3 heteroatoms. The van der Waals surface area contributed by atoms with Crippen LogP contribution in [0.25, 0.3) is 0 Å². The summed E-state index contributed by atoms with van der Waals surface area (Å²) in [5.41, 5.74) is 2.47. The van der Waals surface area contributed by atoms with E-state index in [0.29, 0.717) is 16.7 Å². The molecule has 0 aromatic heterocycles. The number of carbonyl (C=O) groups excluding carboxylic acids is 1. The largest absolute Gasteiger partial charge is 0.345 e. The molecule has 0 aromatic carbocycles. The third-order valence-corrected chi connectivity index (χ3v) is 15.2. The van der Waals surface area contributed by atoms with Crippen LogP contribution in [0.15, 0.2) is 11.6 Å². The van der Waals surface area contributed by atoms with Crippen LogP contribution in [0.5, 0.6) is 0 Å². The Balaban J connectivity index is 1.22. The molecule has 3 nitrogen and oxygen atoms in total. The maximum absolute atomic E-state index is 12.9. The SMILES string of the molecule is CCCCCCCCCCCCCCCCC(C(=O)OO)C1CC[C@@]2(C)C(=CCC3C2CC[C@@]2(C)C3CC[C@@H]2[C@H](C)CCCC(C)C)C1. The summed E-state index contributed by atoms with van der Waals surface area (Å²) in [5.74, 6) is 4.92. The summed E-state index contributed by atoms with van der Waals surface area (Å²) in [7, 11) is 0. The Labute approximate surface area is 298 Å². The van der Waals surface area contributed by atoms with Gasteiger partial charge in [0.1, 0.15) is 0 Å². The minimum atomic E-state index is -0.375. The van der Waals surface area contributed by atoms with Gasteiger partial charge in [0.05, 0.1) is 5.92 Å². The molecule has 0 radical (unpaired) electrons. The van der Waals surface area contributed by atoms with Gasteiger partial charge in [-0.3, -0.25) is 0 Å². The predicted molar refractivity (Wildman–Crippen MR) is 204 cm³/mol. The molecular weight excluding hydrogens is 588 g/mol. The van der Waals surface area contributed by atoms with Crippen molar-refractivity contribution in [2.24, 2.45) is 58.2 Å². The fourth-order valence-corrected chi connectivity index (χ4v) is 12.2. The Kier molecular flexibility index (Phi) is 16.4. The molecule has 0 amide bonds. The van der Waals surface area contributed by atoms with Crippen LogP contribution in [0.1, 0.15) is 208 Å². The van der Waals surface area contributed by atoms with Gasteiger partial charge in [-0.15, -0.1) is 0 Å². The monoisotopic (exact) mass is 669 g/mol. The molecule has 0 heterocycles. The fourth-order valence-electron chi connectivity index (χ4n) is 12.2. The first-order valence-electron chi connectivity index (χ1n) is 21.7. The molecular formula is C45H80O3. The van der Waals surface area contributed by atoms with Crippen LogP contribution in [0.3, 0.4) is 0 Å². The summed E-state index contributed by atoms with van der Waals surface area (Å²) < 4.78 is 0. The van der Waals surface area contributed by atoms with E-state index in [1.807, 2.05) is 0 Å². The Morgan fingerprint density at radius 3 is 2.00 bits per heavy atom. The standard InChI is InChI=1S/C45H80O3/c1-7-8-9-10-11-12-13-14-15-16-17-18-19-20-24-38(43(46)48-47)36-29-31-44(5)37(33-36)25-26-39-41-28-27-40(35(4)23-21-22-34(2)3)45(41,6)32-30-42(39)44/h25,34-36,38-42,47H,7-24,26-33H2,1-6H3/t35-,36?,38?,39?,40-,41?,42?,44+,45-/m1/s1. The van der Waals surface area contributed by atoms with Gasteiger partial charge in [0.2, 0.25) is 0 Å². The average Bonchev–Trinajstić information content (AvgIpc) is 3.43. The van der Waals surface area contributed by atoms with Gasteiger partial charge >= 0.3 is 5.97 Å². The van der Waals surface area contributed by atoms with Crippen molar-refractivity contribution >= 4 is 5.97 Å². The molecule has 9 atom stereocenters. The molecule has 3 saturated carbocycles. The molecule has 0 aliphatic heterocycles. The van der Waals surface area contributed by atoms with Gasteiger partial charge in [0.25, 0.3) is 0 Å². The van der Waals surface area contributed by atoms with Crippen molar-refractivity contribution in [2.75, 3.05) is 0 Å². The Bertz CT molecular complexity index is 969. The molecule has 0 bridgehead atoms. The van der Waals surface area contributed by atoms with E-state index in [9.17, 15) is 10.1 Å². The molecule has 0 spiro atoms. The average molecular weight is 669 g/mol. The number of carbonyl (C=O) groups is 1. The fraction of sp³-hybridized carbons (Fsp3) is 0.933. The highest BCUT2D eigenvalue weighted by molar-refractivity contribution is 5.72. The van der Waals surface area contributed by atoms with Crippen molar-refractivity contribution in [3.63, 3.8) is 0 Å². The van der Waals surface area contributed by atoms with Crippen molar-refractivity contribution < 1.29 is 14.9 Å². The Morgan fingerprint density at radius 2 is 1.40 bits per heavy atom. The molecule has 278 valence electrons. The highest BCUT2D eigenvalue weighted by Gasteiger charge is 2.59. The predicted octanol–water partition coefficient (Wildman–Crippen LogP) is 14.1. The minimum absolute atomic E-state index is 0.155. The third-order valence-electron chi connectivity index (χ3n) is 15.2.